The number of aryl methyl sites for hydroxylation is 1. The van der Waals surface area contributed by atoms with E-state index in [4.69, 9.17) is 4.74 Å². The van der Waals surface area contributed by atoms with E-state index < -0.39 is 167 Å². The molecule has 1 aliphatic rings. The van der Waals surface area contributed by atoms with E-state index in [9.17, 15) is 43.5 Å². The number of nitrogens with one attached hydrogen (secondary N) is 5. The summed E-state index contributed by atoms with van der Waals surface area (Å²) in [6.45, 7) is 32.7. The molecule has 0 unspecified atom stereocenters. The van der Waals surface area contributed by atoms with E-state index in [2.05, 4.69) is 26.6 Å². The summed E-state index contributed by atoms with van der Waals surface area (Å²) in [5.74, 6) is -10.2. The van der Waals surface area contributed by atoms with Gasteiger partial charge < -0.3 is 65.4 Å². The summed E-state index contributed by atoms with van der Waals surface area (Å²) in [5, 5.41) is 26.3. The topological polar surface area (TPSA) is 317 Å². The molecular weight excluding hydrogens is 1260 g/mol. The first-order valence-electron chi connectivity index (χ1n) is 35.0. The molecule has 6 N–H and O–H groups in total. The first-order valence-corrected chi connectivity index (χ1v) is 35.0. The predicted molar refractivity (Wildman–Crippen MR) is 378 cm³/mol. The highest BCUT2D eigenvalue weighted by molar-refractivity contribution is 5.99. The number of likely N-dealkylation sites (N-methyl/N-ethyl adjacent to an activating group) is 7. The minimum atomic E-state index is -1.69. The fourth-order valence-electron chi connectivity index (χ4n) is 12.2. The maximum Gasteiger partial charge on any atom is 0.412 e. The molecular formula is C72H124N12O14. The Balaban J connectivity index is 2.97. The van der Waals surface area contributed by atoms with Crippen molar-refractivity contribution in [3.8, 4) is 0 Å². The number of aliphatic hydroxyl groups is 1. The van der Waals surface area contributed by atoms with Gasteiger partial charge in [-0.2, -0.15) is 0 Å². The zero-order valence-corrected chi connectivity index (χ0v) is 64.0. The average Bonchev–Trinajstić information content (AvgIpc) is 0.805. The van der Waals surface area contributed by atoms with E-state index in [-0.39, 0.29) is 55.8 Å². The van der Waals surface area contributed by atoms with E-state index in [0.717, 1.165) is 15.4 Å². The Bertz CT molecular complexity index is 2890. The number of rotatable bonds is 18. The van der Waals surface area contributed by atoms with Gasteiger partial charge in [0.25, 0.3) is 0 Å². The molecule has 26 heteroatoms. The van der Waals surface area contributed by atoms with E-state index >= 15 is 19.2 Å². The van der Waals surface area contributed by atoms with Crippen LogP contribution in [0.25, 0.3) is 0 Å². The Morgan fingerprint density at radius 3 is 1.49 bits per heavy atom. The smallest absolute Gasteiger partial charge is 0.412 e. The normalized spacial score (nSPS) is 24.9. The van der Waals surface area contributed by atoms with Gasteiger partial charge in [0, 0.05) is 55.0 Å². The number of amides is 12. The summed E-state index contributed by atoms with van der Waals surface area (Å²) in [6, 6.07) is -5.49. The van der Waals surface area contributed by atoms with E-state index in [1.165, 1.54) is 87.7 Å². The van der Waals surface area contributed by atoms with Crippen molar-refractivity contribution < 1.29 is 67.4 Å². The summed E-state index contributed by atoms with van der Waals surface area (Å²) in [7, 11) is 9.87. The van der Waals surface area contributed by atoms with Crippen LogP contribution in [0.1, 0.15) is 182 Å². The molecule has 0 spiro atoms. The first-order chi connectivity index (χ1) is 45.2. The van der Waals surface area contributed by atoms with Crippen molar-refractivity contribution >= 4 is 76.8 Å². The molecule has 1 aliphatic heterocycles. The zero-order chi connectivity index (χ0) is 75.5. The number of ether oxygens (including phenoxy) is 1. The van der Waals surface area contributed by atoms with Gasteiger partial charge in [-0.3, -0.25) is 58.1 Å². The lowest BCUT2D eigenvalue weighted by molar-refractivity contribution is -0.157. The number of anilines is 1. The molecule has 12 amide bonds. The van der Waals surface area contributed by atoms with Gasteiger partial charge in [0.05, 0.1) is 12.6 Å². The lowest BCUT2D eigenvalue weighted by Crippen LogP contribution is -2.63. The van der Waals surface area contributed by atoms with E-state index in [1.807, 2.05) is 61.5 Å². The summed E-state index contributed by atoms with van der Waals surface area (Å²) in [5.41, 5.74) is 0.641. The molecule has 0 aliphatic carbocycles. The minimum Gasteiger partial charge on any atom is -0.444 e. The van der Waals surface area contributed by atoms with Crippen LogP contribution in [0, 0.1) is 41.4 Å². The standard InChI is InChI=1S/C72H124N12O14/c1-27-51-66(92)78(20)39-56(85)79(21)52(34-40(2)3)63(89)77-57(44(10)11)69(95)80(22)53(35-41(4)5)62(88)73-47(15)61(87)74-48(16)65(91)81(23)54(36-42(6)7)67(93)82(24)55(37-43(8)9)68(94)83(25)58(45(12)13)70(96)84(26)59(64(90)76-51)60(86)46(14)30-28-31-49-32-29-33-50(38-49)75-71(97)98-72(17,18)19/h29,32-33,38,40-48,51-55,57-60,86H,27-28,30-31,34-37,39H2,1-26H3,(H,73,88)(H,74,87)(H,75,97)(H,76,90)(H,77,89)/t46-,47-,48+,51+,52+,53-,54+,55+,57-,58+,59+,60-/m1/s1. The Labute approximate surface area is 584 Å². The molecule has 1 fully saturated rings. The predicted octanol–water partition coefficient (Wildman–Crippen LogP) is 5.67. The molecule has 0 aromatic heterocycles. The molecule has 0 radical (unpaired) electrons. The van der Waals surface area contributed by atoms with Gasteiger partial charge in [0.2, 0.25) is 65.0 Å². The van der Waals surface area contributed by atoms with Gasteiger partial charge in [0.1, 0.15) is 66.0 Å². The van der Waals surface area contributed by atoms with Crippen LogP contribution < -0.4 is 26.6 Å². The molecule has 98 heavy (non-hydrogen) atoms. The van der Waals surface area contributed by atoms with Crippen molar-refractivity contribution in [3.05, 3.63) is 29.8 Å². The fourth-order valence-corrected chi connectivity index (χ4v) is 12.2. The van der Waals surface area contributed by atoms with Crippen LogP contribution in [-0.4, -0.2) is 238 Å². The van der Waals surface area contributed by atoms with Gasteiger partial charge in [-0.1, -0.05) is 109 Å². The third-order valence-corrected chi connectivity index (χ3v) is 18.0. The molecule has 556 valence electrons. The first kappa shape index (κ1) is 86.7. The maximum atomic E-state index is 15.5. The van der Waals surface area contributed by atoms with Crippen molar-refractivity contribution in [1.29, 1.82) is 0 Å². The lowest BCUT2D eigenvalue weighted by Gasteiger charge is -2.41. The largest absolute Gasteiger partial charge is 0.444 e. The number of hydrogen-bond donors (Lipinski definition) is 6. The fraction of sp³-hybridized carbons (Fsp3) is 0.750. The van der Waals surface area contributed by atoms with Crippen molar-refractivity contribution in [1.82, 2.24) is 55.6 Å². The Morgan fingerprint density at radius 1 is 0.541 bits per heavy atom. The summed E-state index contributed by atoms with van der Waals surface area (Å²) < 4.78 is 5.43. The highest BCUT2D eigenvalue weighted by Gasteiger charge is 2.46. The Hall–Kier alpha value is -7.38. The zero-order valence-electron chi connectivity index (χ0n) is 64.0. The van der Waals surface area contributed by atoms with Gasteiger partial charge >= 0.3 is 6.09 Å². The summed E-state index contributed by atoms with van der Waals surface area (Å²) in [4.78, 5) is 183. The Morgan fingerprint density at radius 2 is 1.00 bits per heavy atom. The Kier molecular flexibility index (Phi) is 34.4. The second-order valence-corrected chi connectivity index (χ2v) is 30.5. The summed E-state index contributed by atoms with van der Waals surface area (Å²) in [6.07, 6.45) is -0.415. The molecule has 1 aromatic rings. The third kappa shape index (κ3) is 25.4. The van der Waals surface area contributed by atoms with Crippen LogP contribution in [-0.2, 0) is 63.9 Å². The molecule has 26 nitrogen and oxygen atoms in total. The van der Waals surface area contributed by atoms with Crippen LogP contribution in [0.15, 0.2) is 24.3 Å². The van der Waals surface area contributed by atoms with Crippen molar-refractivity contribution in [2.24, 2.45) is 41.4 Å². The number of carbonyl (C=O) groups is 12. The van der Waals surface area contributed by atoms with E-state index in [0.29, 0.717) is 24.9 Å². The van der Waals surface area contributed by atoms with Crippen molar-refractivity contribution in [3.63, 3.8) is 0 Å². The third-order valence-electron chi connectivity index (χ3n) is 18.0. The van der Waals surface area contributed by atoms with Crippen molar-refractivity contribution in [2.75, 3.05) is 61.2 Å². The number of aliphatic hydroxyl groups excluding tert-OH is 1. The molecule has 1 aromatic carbocycles. The molecule has 0 bridgehead atoms. The number of benzene rings is 1. The van der Waals surface area contributed by atoms with Gasteiger partial charge in [-0.25, -0.2) is 4.79 Å². The lowest BCUT2D eigenvalue weighted by atomic mass is 9.89. The number of carbonyl (C=O) groups excluding carboxylic acids is 12. The van der Waals surface area contributed by atoms with E-state index in [1.54, 1.807) is 80.5 Å². The molecule has 1 heterocycles. The quantitative estimate of drug-likeness (QED) is 0.103. The number of nitrogens with zero attached hydrogens (tertiary/aromatic N) is 7. The van der Waals surface area contributed by atoms with Crippen LogP contribution in [0.3, 0.4) is 0 Å². The molecule has 0 saturated carbocycles. The molecule has 12 atom stereocenters. The van der Waals surface area contributed by atoms with Crippen LogP contribution in [0.2, 0.25) is 0 Å². The second kappa shape index (κ2) is 38.8. The van der Waals surface area contributed by atoms with Crippen LogP contribution >= 0.6 is 0 Å². The van der Waals surface area contributed by atoms with Crippen LogP contribution in [0.5, 0.6) is 0 Å². The highest BCUT2D eigenvalue weighted by Crippen LogP contribution is 2.27. The maximum absolute atomic E-state index is 15.5. The minimum absolute atomic E-state index is 0.0155. The molecule has 2 rings (SSSR count). The van der Waals surface area contributed by atoms with Gasteiger partial charge in [-0.05, 0) is 145 Å². The second-order valence-electron chi connectivity index (χ2n) is 30.5. The SMILES string of the molecule is CC[C@@H]1NC(=O)[C@H]([C@H](O)[C@H](C)CCCc2cccc(NC(=O)OC(C)(C)C)c2)N(C)C(=O)[C@H](C(C)C)N(C)C(=O)[C@H](CC(C)C)N(C)C(=O)[C@H](CC(C)C)N(C)C(=O)[C@H](C)NC(=O)[C@@H](C)NC(=O)[C@@H](CC(C)C)N(C)C(=O)[C@@H](C(C)C)NC(=O)[C@H](CC(C)C)N(C)C(=O)CN(C)C1=O. The average molecular weight is 1380 g/mol. The van der Waals surface area contributed by atoms with Crippen molar-refractivity contribution in [2.45, 2.75) is 255 Å². The highest BCUT2D eigenvalue weighted by atomic mass is 16.6. The monoisotopic (exact) mass is 1380 g/mol. The number of hydrogen-bond acceptors (Lipinski definition) is 14. The van der Waals surface area contributed by atoms with Crippen LogP contribution in [0.4, 0.5) is 10.5 Å². The van der Waals surface area contributed by atoms with Gasteiger partial charge in [-0.15, -0.1) is 0 Å². The molecule has 1 saturated heterocycles. The summed E-state index contributed by atoms with van der Waals surface area (Å²) >= 11 is 0. The van der Waals surface area contributed by atoms with Gasteiger partial charge in [0.15, 0.2) is 0 Å².